The number of benzene rings is 2. The number of hydrogen-bond acceptors (Lipinski definition) is 7. The summed E-state index contributed by atoms with van der Waals surface area (Å²) in [7, 11) is 0. The minimum atomic E-state index is -1.29. The highest BCUT2D eigenvalue weighted by Gasteiger charge is 2.54. The quantitative estimate of drug-likeness (QED) is 0.353. The minimum absolute atomic E-state index is 0.0610. The first-order valence-electron chi connectivity index (χ1n) is 11.3. The van der Waals surface area contributed by atoms with Crippen molar-refractivity contribution in [2.75, 3.05) is 19.8 Å². The van der Waals surface area contributed by atoms with E-state index < -0.39 is 48.5 Å². The Hall–Kier alpha value is -3.58. The molecule has 0 aliphatic carbocycles. The summed E-state index contributed by atoms with van der Waals surface area (Å²) in [6.45, 7) is 2.71. The summed E-state index contributed by atoms with van der Waals surface area (Å²) in [4.78, 5) is 38.5. The molecule has 1 aliphatic rings. The van der Waals surface area contributed by atoms with Gasteiger partial charge in [0.15, 0.2) is 11.4 Å². The number of nitrogens with one attached hydrogen (secondary N) is 2. The van der Waals surface area contributed by atoms with E-state index >= 15 is 0 Å². The number of ether oxygens (including phenoxy) is 1. The highest BCUT2D eigenvalue weighted by Crippen LogP contribution is 2.30. The predicted octanol–water partition coefficient (Wildman–Crippen LogP) is 1.18. The Morgan fingerprint density at radius 2 is 1.74 bits per heavy atom. The van der Waals surface area contributed by atoms with Gasteiger partial charge >= 0.3 is 0 Å². The third-order valence-corrected chi connectivity index (χ3v) is 5.81. The molecule has 3 rings (SSSR count). The van der Waals surface area contributed by atoms with Gasteiger partial charge in [0.25, 0.3) is 5.91 Å². The van der Waals surface area contributed by atoms with Gasteiger partial charge in [-0.05, 0) is 47.7 Å². The van der Waals surface area contributed by atoms with Gasteiger partial charge in [-0.15, -0.1) is 0 Å². The average Bonchev–Trinajstić information content (AvgIpc) is 3.67. The van der Waals surface area contributed by atoms with E-state index in [1.54, 1.807) is 42.5 Å². The standard InChI is InChI=1S/C26H29N3O6/c1-16(2)10-21(23(32)26(14-31)15-35-26)28-25(34)22(13-30)29-24(33)20-5-3-4-19(11-20)18-8-6-17(12-27)7-9-18/h3-9,11,16,21-22,30-31H,10,13-15H2,1-2H3,(H,28,34)(H,29,33)/t21?,22-,26?/m0/s1. The number of Topliss-reactive ketones (excluding diaryl/α,β-unsaturated/α-hetero) is 1. The number of aliphatic hydroxyl groups excluding tert-OH is 2. The molecule has 0 saturated carbocycles. The molecule has 184 valence electrons. The maximum absolute atomic E-state index is 12.9. The number of aliphatic hydroxyl groups is 2. The van der Waals surface area contributed by atoms with Gasteiger partial charge in [0.2, 0.25) is 5.91 Å². The van der Waals surface area contributed by atoms with Crippen molar-refractivity contribution in [3.8, 4) is 17.2 Å². The number of rotatable bonds is 11. The van der Waals surface area contributed by atoms with Gasteiger partial charge in [0.1, 0.15) is 6.04 Å². The zero-order valence-corrected chi connectivity index (χ0v) is 19.7. The van der Waals surface area contributed by atoms with Gasteiger partial charge in [-0.1, -0.05) is 38.1 Å². The van der Waals surface area contributed by atoms with Crippen LogP contribution in [0.15, 0.2) is 48.5 Å². The van der Waals surface area contributed by atoms with Gasteiger partial charge in [0, 0.05) is 5.56 Å². The van der Waals surface area contributed by atoms with Crippen LogP contribution in [-0.2, 0) is 14.3 Å². The average molecular weight is 480 g/mol. The molecule has 1 heterocycles. The molecule has 0 radical (unpaired) electrons. The second-order valence-electron chi connectivity index (χ2n) is 8.97. The fourth-order valence-corrected chi connectivity index (χ4v) is 3.70. The molecule has 2 unspecified atom stereocenters. The summed E-state index contributed by atoms with van der Waals surface area (Å²) in [6, 6.07) is 13.5. The molecular weight excluding hydrogens is 450 g/mol. The first-order chi connectivity index (χ1) is 16.7. The summed E-state index contributed by atoms with van der Waals surface area (Å²) in [5.41, 5.74) is 1.06. The number of epoxide rings is 1. The first kappa shape index (κ1) is 26.0. The minimum Gasteiger partial charge on any atom is -0.394 e. The molecule has 9 nitrogen and oxygen atoms in total. The molecule has 0 bridgehead atoms. The van der Waals surface area contributed by atoms with Crippen molar-refractivity contribution in [1.29, 1.82) is 5.26 Å². The molecule has 1 fully saturated rings. The van der Waals surface area contributed by atoms with Crippen LogP contribution in [0.2, 0.25) is 0 Å². The summed E-state index contributed by atoms with van der Waals surface area (Å²) in [5.74, 6) is -1.65. The number of carbonyl (C=O) groups excluding carboxylic acids is 3. The van der Waals surface area contributed by atoms with E-state index in [-0.39, 0.29) is 18.1 Å². The van der Waals surface area contributed by atoms with Crippen LogP contribution in [0.5, 0.6) is 0 Å². The maximum Gasteiger partial charge on any atom is 0.252 e. The largest absolute Gasteiger partial charge is 0.394 e. The third-order valence-electron chi connectivity index (χ3n) is 5.81. The lowest BCUT2D eigenvalue weighted by atomic mass is 9.92. The Morgan fingerprint density at radius 1 is 1.06 bits per heavy atom. The first-order valence-corrected chi connectivity index (χ1v) is 11.3. The Morgan fingerprint density at radius 3 is 2.29 bits per heavy atom. The molecule has 0 spiro atoms. The van der Waals surface area contributed by atoms with Gasteiger partial charge in [-0.25, -0.2) is 0 Å². The van der Waals surface area contributed by atoms with Crippen molar-refractivity contribution in [2.24, 2.45) is 5.92 Å². The summed E-state index contributed by atoms with van der Waals surface area (Å²) in [5, 5.41) is 33.4. The van der Waals surface area contributed by atoms with Crippen LogP contribution in [0.1, 0.15) is 36.2 Å². The number of nitrogens with zero attached hydrogens (tertiary/aromatic N) is 1. The molecule has 1 saturated heterocycles. The number of carbonyl (C=O) groups is 3. The number of ketones is 1. The van der Waals surface area contributed by atoms with Crippen LogP contribution < -0.4 is 10.6 Å². The van der Waals surface area contributed by atoms with E-state index in [9.17, 15) is 24.6 Å². The van der Waals surface area contributed by atoms with Crippen LogP contribution in [0.3, 0.4) is 0 Å². The van der Waals surface area contributed by atoms with Crippen LogP contribution in [-0.4, -0.2) is 65.3 Å². The van der Waals surface area contributed by atoms with E-state index in [2.05, 4.69) is 16.7 Å². The van der Waals surface area contributed by atoms with Crippen LogP contribution in [0, 0.1) is 17.2 Å². The smallest absolute Gasteiger partial charge is 0.252 e. The Kier molecular flexibility index (Phi) is 8.35. The van der Waals surface area contributed by atoms with Gasteiger partial charge in [0.05, 0.1) is 37.5 Å². The number of hydrogen-bond donors (Lipinski definition) is 4. The second kappa shape index (κ2) is 11.2. The third kappa shape index (κ3) is 6.31. The lowest BCUT2D eigenvalue weighted by Crippen LogP contribution is -2.55. The zero-order chi connectivity index (χ0) is 25.6. The van der Waals surface area contributed by atoms with Crippen LogP contribution >= 0.6 is 0 Å². The molecule has 0 aromatic heterocycles. The molecule has 2 amide bonds. The van der Waals surface area contributed by atoms with Gasteiger partial charge < -0.3 is 25.6 Å². The van der Waals surface area contributed by atoms with E-state index in [0.29, 0.717) is 12.0 Å². The number of nitriles is 1. The summed E-state index contributed by atoms with van der Waals surface area (Å²) < 4.78 is 5.14. The van der Waals surface area contributed by atoms with Crippen molar-refractivity contribution in [3.05, 3.63) is 59.7 Å². The van der Waals surface area contributed by atoms with Crippen LogP contribution in [0.4, 0.5) is 0 Å². The molecule has 4 N–H and O–H groups in total. The molecule has 1 aliphatic heterocycles. The molecule has 2 aromatic carbocycles. The van der Waals surface area contributed by atoms with Crippen molar-refractivity contribution >= 4 is 17.6 Å². The molecule has 35 heavy (non-hydrogen) atoms. The number of amides is 2. The topological polar surface area (TPSA) is 152 Å². The van der Waals surface area contributed by atoms with Crippen molar-refractivity contribution in [2.45, 2.75) is 38.0 Å². The highest BCUT2D eigenvalue weighted by molar-refractivity contribution is 6.00. The van der Waals surface area contributed by atoms with Crippen molar-refractivity contribution in [3.63, 3.8) is 0 Å². The highest BCUT2D eigenvalue weighted by atomic mass is 16.6. The monoisotopic (exact) mass is 479 g/mol. The van der Waals surface area contributed by atoms with Gasteiger partial charge in [-0.3, -0.25) is 14.4 Å². The van der Waals surface area contributed by atoms with E-state index in [1.807, 2.05) is 19.9 Å². The van der Waals surface area contributed by atoms with Crippen LogP contribution in [0.25, 0.3) is 11.1 Å². The normalized spacial score (nSPS) is 18.3. The maximum atomic E-state index is 12.9. The molecule has 9 heteroatoms. The Bertz CT molecular complexity index is 1120. The lowest BCUT2D eigenvalue weighted by molar-refractivity contribution is -0.133. The predicted molar refractivity (Wildman–Crippen MR) is 127 cm³/mol. The van der Waals surface area contributed by atoms with Crippen molar-refractivity contribution in [1.82, 2.24) is 10.6 Å². The molecule has 2 aromatic rings. The fraction of sp³-hybridized carbons (Fsp3) is 0.385. The zero-order valence-electron chi connectivity index (χ0n) is 19.7. The molecular formula is C26H29N3O6. The Labute approximate surface area is 203 Å². The van der Waals surface area contributed by atoms with Crippen molar-refractivity contribution < 1.29 is 29.3 Å². The summed E-state index contributed by atoms with van der Waals surface area (Å²) in [6.07, 6.45) is 0.314. The Balaban J connectivity index is 1.70. The van der Waals surface area contributed by atoms with Gasteiger partial charge in [-0.2, -0.15) is 5.26 Å². The molecule has 3 atom stereocenters. The lowest BCUT2D eigenvalue weighted by Gasteiger charge is -2.24. The second-order valence-corrected chi connectivity index (χ2v) is 8.97. The summed E-state index contributed by atoms with van der Waals surface area (Å²) >= 11 is 0. The van der Waals surface area contributed by atoms with E-state index in [0.717, 1.165) is 11.1 Å². The van der Waals surface area contributed by atoms with E-state index in [1.165, 1.54) is 0 Å². The van der Waals surface area contributed by atoms with E-state index in [4.69, 9.17) is 10.00 Å². The fourth-order valence-electron chi connectivity index (χ4n) is 3.70. The SMILES string of the molecule is CC(C)CC(NC(=O)[C@H](CO)NC(=O)c1cccc(-c2ccc(C#N)cc2)c1)C(=O)C1(CO)CO1.